The van der Waals surface area contributed by atoms with Gasteiger partial charge in [-0.25, -0.2) is 0 Å². The second-order valence-electron chi connectivity index (χ2n) is 7.49. The van der Waals surface area contributed by atoms with Gasteiger partial charge in [-0.1, -0.05) is 20.3 Å². The lowest BCUT2D eigenvalue weighted by atomic mass is 9.84. The highest BCUT2D eigenvalue weighted by molar-refractivity contribution is 5.00. The third-order valence-electron chi connectivity index (χ3n) is 5.42. The minimum Gasteiger partial charge on any atom is -0.394 e. The van der Waals surface area contributed by atoms with Crippen LogP contribution in [0.1, 0.15) is 46.0 Å². The van der Waals surface area contributed by atoms with E-state index in [1.807, 2.05) is 0 Å². The first-order valence-corrected chi connectivity index (χ1v) is 8.85. The van der Waals surface area contributed by atoms with Gasteiger partial charge in [0, 0.05) is 24.7 Å². The molecule has 2 unspecified atom stereocenters. The van der Waals surface area contributed by atoms with Crippen LogP contribution in [0.15, 0.2) is 0 Å². The maximum Gasteiger partial charge on any atom is 0.0616 e. The molecule has 1 aliphatic carbocycles. The zero-order chi connectivity index (χ0) is 15.3. The minimum atomic E-state index is -0.0171. The third kappa shape index (κ3) is 4.65. The van der Waals surface area contributed by atoms with Gasteiger partial charge in [0.05, 0.1) is 6.61 Å². The second-order valence-corrected chi connectivity index (χ2v) is 7.49. The molecule has 0 aromatic heterocycles. The van der Waals surface area contributed by atoms with Crippen LogP contribution in [0, 0.1) is 5.92 Å². The van der Waals surface area contributed by atoms with Gasteiger partial charge in [-0.3, -0.25) is 0 Å². The Morgan fingerprint density at radius 1 is 1.19 bits per heavy atom. The Bertz CT molecular complexity index is 310. The van der Waals surface area contributed by atoms with Crippen molar-refractivity contribution in [2.45, 2.75) is 57.5 Å². The van der Waals surface area contributed by atoms with Crippen molar-refractivity contribution in [3.05, 3.63) is 0 Å². The van der Waals surface area contributed by atoms with Crippen LogP contribution < -0.4 is 5.32 Å². The number of hydrogen-bond donors (Lipinski definition) is 2. The zero-order valence-electron chi connectivity index (χ0n) is 14.3. The number of aliphatic hydroxyl groups is 1. The first-order chi connectivity index (χ1) is 10.1. The summed E-state index contributed by atoms with van der Waals surface area (Å²) >= 11 is 0. The van der Waals surface area contributed by atoms with E-state index in [9.17, 15) is 5.11 Å². The highest BCUT2D eigenvalue weighted by Gasteiger charge is 2.42. The Morgan fingerprint density at radius 2 is 2.00 bits per heavy atom. The molecule has 0 amide bonds. The van der Waals surface area contributed by atoms with E-state index >= 15 is 0 Å². The van der Waals surface area contributed by atoms with E-state index in [2.05, 4.69) is 36.0 Å². The summed E-state index contributed by atoms with van der Waals surface area (Å²) in [5.74, 6) is 0.630. The van der Waals surface area contributed by atoms with Gasteiger partial charge in [-0.15, -0.1) is 0 Å². The fourth-order valence-corrected chi connectivity index (χ4v) is 4.25. The third-order valence-corrected chi connectivity index (χ3v) is 5.42. The maximum atomic E-state index is 9.97. The summed E-state index contributed by atoms with van der Waals surface area (Å²) in [5.41, 5.74) is -0.0171. The van der Waals surface area contributed by atoms with E-state index in [1.165, 1.54) is 58.4 Å². The monoisotopic (exact) mass is 297 g/mol. The molecule has 21 heavy (non-hydrogen) atoms. The molecule has 2 atom stereocenters. The van der Waals surface area contributed by atoms with Crippen molar-refractivity contribution in [3.63, 3.8) is 0 Å². The van der Waals surface area contributed by atoms with Crippen molar-refractivity contribution in [2.24, 2.45) is 5.92 Å². The summed E-state index contributed by atoms with van der Waals surface area (Å²) in [4.78, 5) is 5.06. The molecule has 4 nitrogen and oxygen atoms in total. The Labute approximate surface area is 130 Å². The molecule has 4 heteroatoms. The summed E-state index contributed by atoms with van der Waals surface area (Å²) < 4.78 is 0. The summed E-state index contributed by atoms with van der Waals surface area (Å²) in [6, 6.07) is 0.449. The predicted octanol–water partition coefficient (Wildman–Crippen LogP) is 1.54. The van der Waals surface area contributed by atoms with Crippen LogP contribution in [0.25, 0.3) is 0 Å². The number of nitrogens with zero attached hydrogens (tertiary/aromatic N) is 2. The molecule has 2 fully saturated rings. The van der Waals surface area contributed by atoms with Crippen LogP contribution in [0.3, 0.4) is 0 Å². The Morgan fingerprint density at radius 3 is 2.71 bits per heavy atom. The first-order valence-electron chi connectivity index (χ1n) is 8.85. The molecule has 0 bridgehead atoms. The number of aliphatic hydroxyl groups excluding tert-OH is 1. The fraction of sp³-hybridized carbons (Fsp3) is 1.00. The lowest BCUT2D eigenvalue weighted by molar-refractivity contribution is 0.103. The summed E-state index contributed by atoms with van der Waals surface area (Å²) in [5, 5.41) is 13.7. The van der Waals surface area contributed by atoms with Crippen LogP contribution >= 0.6 is 0 Å². The van der Waals surface area contributed by atoms with Crippen LogP contribution in [0.2, 0.25) is 0 Å². The Hall–Kier alpha value is -0.160. The van der Waals surface area contributed by atoms with E-state index < -0.39 is 0 Å². The Kier molecular flexibility index (Phi) is 6.48. The normalized spacial score (nSPS) is 32.7. The fourth-order valence-electron chi connectivity index (χ4n) is 4.25. The molecule has 1 saturated carbocycles. The second kappa shape index (κ2) is 7.91. The Balaban J connectivity index is 1.85. The van der Waals surface area contributed by atoms with Crippen LogP contribution in [-0.4, -0.2) is 72.9 Å². The minimum absolute atomic E-state index is 0.0171. The molecule has 2 aliphatic rings. The molecule has 1 heterocycles. The largest absolute Gasteiger partial charge is 0.394 e. The van der Waals surface area contributed by atoms with Crippen LogP contribution in [-0.2, 0) is 0 Å². The molecular formula is C17H35N3O. The predicted molar refractivity (Wildman–Crippen MR) is 88.6 cm³/mol. The molecule has 0 aromatic carbocycles. The van der Waals surface area contributed by atoms with E-state index in [-0.39, 0.29) is 5.54 Å². The average molecular weight is 297 g/mol. The summed E-state index contributed by atoms with van der Waals surface area (Å²) in [7, 11) is 2.23. The van der Waals surface area contributed by atoms with Crippen molar-refractivity contribution >= 4 is 0 Å². The molecule has 2 rings (SSSR count). The lowest BCUT2D eigenvalue weighted by Crippen LogP contribution is -2.54. The van der Waals surface area contributed by atoms with Gasteiger partial charge in [0.2, 0.25) is 0 Å². The average Bonchev–Trinajstić information content (AvgIpc) is 2.71. The van der Waals surface area contributed by atoms with Gasteiger partial charge in [0.15, 0.2) is 0 Å². The molecule has 0 spiro atoms. The summed E-state index contributed by atoms with van der Waals surface area (Å²) in [6.07, 6.45) is 6.18. The van der Waals surface area contributed by atoms with E-state index in [0.717, 1.165) is 6.42 Å². The van der Waals surface area contributed by atoms with E-state index in [0.29, 0.717) is 18.6 Å². The SMILES string of the molecule is CC(C)NC1(CO)CCCC1CCN1CCCN(C)CC1. The highest BCUT2D eigenvalue weighted by atomic mass is 16.3. The molecule has 0 radical (unpaired) electrons. The smallest absolute Gasteiger partial charge is 0.0616 e. The highest BCUT2D eigenvalue weighted by Crippen LogP contribution is 2.38. The van der Waals surface area contributed by atoms with E-state index in [1.54, 1.807) is 0 Å². The zero-order valence-corrected chi connectivity index (χ0v) is 14.3. The molecule has 1 saturated heterocycles. The molecular weight excluding hydrogens is 262 g/mol. The topological polar surface area (TPSA) is 38.7 Å². The number of rotatable bonds is 6. The van der Waals surface area contributed by atoms with Crippen molar-refractivity contribution in [2.75, 3.05) is 46.4 Å². The lowest BCUT2D eigenvalue weighted by Gasteiger charge is -2.38. The maximum absolute atomic E-state index is 9.97. The van der Waals surface area contributed by atoms with Crippen molar-refractivity contribution in [1.29, 1.82) is 0 Å². The van der Waals surface area contributed by atoms with Crippen molar-refractivity contribution in [1.82, 2.24) is 15.1 Å². The van der Waals surface area contributed by atoms with Crippen molar-refractivity contribution in [3.8, 4) is 0 Å². The van der Waals surface area contributed by atoms with Gasteiger partial charge in [0.1, 0.15) is 0 Å². The van der Waals surface area contributed by atoms with Gasteiger partial charge >= 0.3 is 0 Å². The molecule has 2 N–H and O–H groups in total. The van der Waals surface area contributed by atoms with Gasteiger partial charge < -0.3 is 20.2 Å². The van der Waals surface area contributed by atoms with Gasteiger partial charge in [0.25, 0.3) is 0 Å². The quantitative estimate of drug-likeness (QED) is 0.780. The van der Waals surface area contributed by atoms with E-state index in [4.69, 9.17) is 0 Å². The molecule has 1 aliphatic heterocycles. The van der Waals surface area contributed by atoms with Gasteiger partial charge in [-0.05, 0) is 58.3 Å². The standard InChI is InChI=1S/C17H35N3O/c1-15(2)18-17(14-21)8-4-6-16(17)7-11-20-10-5-9-19(3)12-13-20/h15-16,18,21H,4-14H2,1-3H3. The van der Waals surface area contributed by atoms with Crippen molar-refractivity contribution < 1.29 is 5.11 Å². The molecule has 0 aromatic rings. The molecule has 124 valence electrons. The first kappa shape index (κ1) is 17.2. The van der Waals surface area contributed by atoms with Gasteiger partial charge in [-0.2, -0.15) is 0 Å². The number of likely N-dealkylation sites (N-methyl/N-ethyl adjacent to an activating group) is 1. The van der Waals surface area contributed by atoms with Crippen LogP contribution in [0.4, 0.5) is 0 Å². The number of nitrogens with one attached hydrogen (secondary N) is 1. The van der Waals surface area contributed by atoms with Crippen LogP contribution in [0.5, 0.6) is 0 Å². The number of hydrogen-bond acceptors (Lipinski definition) is 4. The summed E-state index contributed by atoms with van der Waals surface area (Å²) in [6.45, 7) is 10.7.